The number of aromatic nitrogens is 1. The van der Waals surface area contributed by atoms with Crippen molar-refractivity contribution < 1.29 is 4.79 Å². The number of nitrogens with one attached hydrogen (secondary N) is 1. The van der Waals surface area contributed by atoms with Crippen molar-refractivity contribution in [1.82, 2.24) is 4.98 Å². The van der Waals surface area contributed by atoms with Crippen LogP contribution in [-0.2, 0) is 4.79 Å². The zero-order valence-corrected chi connectivity index (χ0v) is 9.37. The Bertz CT molecular complexity index is 384. The molecule has 3 nitrogen and oxygen atoms in total. The van der Waals surface area contributed by atoms with Gasteiger partial charge in [0.05, 0.1) is 5.69 Å². The summed E-state index contributed by atoms with van der Waals surface area (Å²) in [6.45, 7) is 1.49. The molecule has 0 fully saturated rings. The van der Waals surface area contributed by atoms with E-state index in [2.05, 4.69) is 16.4 Å². The second-order valence-electron chi connectivity index (χ2n) is 2.92. The molecule has 0 saturated carbocycles. The van der Waals surface area contributed by atoms with Crippen LogP contribution in [0.15, 0.2) is 11.5 Å². The molecule has 0 radical (unpaired) electrons. The summed E-state index contributed by atoms with van der Waals surface area (Å²) in [5, 5.41) is 5.34. The molecule has 0 aromatic carbocycles. The summed E-state index contributed by atoms with van der Waals surface area (Å²) >= 11 is 3.29. The molecule has 0 atom stereocenters. The number of rotatable bonds is 2. The molecule has 2 rings (SSSR count). The number of amides is 1. The lowest BCUT2D eigenvalue weighted by molar-refractivity contribution is -0.114. The Morgan fingerprint density at radius 1 is 1.64 bits per heavy atom. The molecule has 1 aliphatic rings. The first-order chi connectivity index (χ1) is 6.75. The highest BCUT2D eigenvalue weighted by Gasteiger charge is 2.11. The lowest BCUT2D eigenvalue weighted by atomic mass is 10.3. The normalized spacial score (nSPS) is 15.4. The minimum absolute atomic E-state index is 0.0704. The first-order valence-corrected chi connectivity index (χ1v) is 6.18. The van der Waals surface area contributed by atoms with E-state index >= 15 is 0 Å². The van der Waals surface area contributed by atoms with Gasteiger partial charge in [-0.25, -0.2) is 4.98 Å². The number of carbonyl (C=O) groups is 1. The number of anilines is 1. The van der Waals surface area contributed by atoms with Crippen LogP contribution in [-0.4, -0.2) is 16.6 Å². The van der Waals surface area contributed by atoms with Gasteiger partial charge < -0.3 is 5.32 Å². The standard InChI is InChI=1S/C9H10N2OS2/c1-6(12)10-9-11-7(5-14-9)8-3-2-4-13-8/h3,5H,2,4H2,1H3,(H,10,11,12). The molecule has 0 unspecified atom stereocenters. The minimum Gasteiger partial charge on any atom is -0.302 e. The molecular weight excluding hydrogens is 216 g/mol. The van der Waals surface area contributed by atoms with Crippen LogP contribution in [0.1, 0.15) is 19.0 Å². The van der Waals surface area contributed by atoms with Crippen LogP contribution in [0, 0.1) is 0 Å². The molecule has 0 bridgehead atoms. The predicted octanol–water partition coefficient (Wildman–Crippen LogP) is 2.58. The van der Waals surface area contributed by atoms with E-state index < -0.39 is 0 Å². The Hall–Kier alpha value is -0.810. The van der Waals surface area contributed by atoms with Crippen molar-refractivity contribution in [2.75, 3.05) is 11.1 Å². The zero-order valence-electron chi connectivity index (χ0n) is 7.74. The van der Waals surface area contributed by atoms with E-state index in [1.165, 1.54) is 23.2 Å². The van der Waals surface area contributed by atoms with Crippen LogP contribution >= 0.6 is 23.1 Å². The largest absolute Gasteiger partial charge is 0.302 e. The maximum absolute atomic E-state index is 10.8. The second-order valence-corrected chi connectivity index (χ2v) is 4.92. The maximum Gasteiger partial charge on any atom is 0.223 e. The topological polar surface area (TPSA) is 42.0 Å². The number of thioether (sulfide) groups is 1. The number of carbonyl (C=O) groups excluding carboxylic acids is 1. The molecule has 1 amide bonds. The van der Waals surface area contributed by atoms with Crippen molar-refractivity contribution in [1.29, 1.82) is 0 Å². The minimum atomic E-state index is -0.0704. The molecule has 5 heteroatoms. The van der Waals surface area contributed by atoms with Crippen LogP contribution in [0.2, 0.25) is 0 Å². The first-order valence-electron chi connectivity index (χ1n) is 4.32. The zero-order chi connectivity index (χ0) is 9.97. The van der Waals surface area contributed by atoms with Crippen molar-refractivity contribution in [3.63, 3.8) is 0 Å². The highest BCUT2D eigenvalue weighted by atomic mass is 32.2. The van der Waals surface area contributed by atoms with Gasteiger partial charge in [0.15, 0.2) is 5.13 Å². The van der Waals surface area contributed by atoms with Gasteiger partial charge in [-0.05, 0) is 6.42 Å². The summed E-state index contributed by atoms with van der Waals surface area (Å²) in [5.41, 5.74) is 0.987. The van der Waals surface area contributed by atoms with Crippen LogP contribution < -0.4 is 5.32 Å². The Labute approximate surface area is 90.6 Å². The lowest BCUT2D eigenvalue weighted by Gasteiger charge is -1.95. The molecule has 1 aromatic heterocycles. The van der Waals surface area contributed by atoms with Gasteiger partial charge in [-0.3, -0.25) is 4.79 Å². The van der Waals surface area contributed by atoms with E-state index in [4.69, 9.17) is 0 Å². The van der Waals surface area contributed by atoms with Crippen LogP contribution in [0.3, 0.4) is 0 Å². The highest BCUT2D eigenvalue weighted by Crippen LogP contribution is 2.35. The van der Waals surface area contributed by atoms with Crippen LogP contribution in [0.25, 0.3) is 4.91 Å². The van der Waals surface area contributed by atoms with Gasteiger partial charge in [-0.1, -0.05) is 6.08 Å². The molecule has 0 spiro atoms. The average Bonchev–Trinajstić information content (AvgIpc) is 2.69. The molecule has 14 heavy (non-hydrogen) atoms. The van der Waals surface area contributed by atoms with E-state index in [0.29, 0.717) is 5.13 Å². The van der Waals surface area contributed by atoms with E-state index in [-0.39, 0.29) is 5.91 Å². The summed E-state index contributed by atoms with van der Waals surface area (Å²) < 4.78 is 0. The van der Waals surface area contributed by atoms with Gasteiger partial charge in [0.1, 0.15) is 0 Å². The molecule has 1 N–H and O–H groups in total. The Morgan fingerprint density at radius 2 is 2.50 bits per heavy atom. The Balaban J connectivity index is 2.13. The van der Waals surface area contributed by atoms with Crippen molar-refractivity contribution in [2.24, 2.45) is 0 Å². The van der Waals surface area contributed by atoms with E-state index in [1.54, 1.807) is 0 Å². The van der Waals surface area contributed by atoms with E-state index in [9.17, 15) is 4.79 Å². The van der Waals surface area contributed by atoms with Gasteiger partial charge in [-0.15, -0.1) is 23.1 Å². The predicted molar refractivity (Wildman–Crippen MR) is 61.5 cm³/mol. The van der Waals surface area contributed by atoms with Crippen molar-refractivity contribution in [3.05, 3.63) is 17.2 Å². The summed E-state index contributed by atoms with van der Waals surface area (Å²) in [7, 11) is 0. The monoisotopic (exact) mass is 226 g/mol. The van der Waals surface area contributed by atoms with E-state index in [1.807, 2.05) is 17.1 Å². The number of allylic oxidation sites excluding steroid dienone is 1. The fourth-order valence-corrected chi connectivity index (χ4v) is 2.97. The number of thiazole rings is 1. The summed E-state index contributed by atoms with van der Waals surface area (Å²) in [6, 6.07) is 0. The fraction of sp³-hybridized carbons (Fsp3) is 0.333. The third kappa shape index (κ3) is 2.16. The number of nitrogens with zero attached hydrogens (tertiary/aromatic N) is 1. The molecule has 2 heterocycles. The molecular formula is C9H10N2OS2. The smallest absolute Gasteiger partial charge is 0.223 e. The van der Waals surface area contributed by atoms with Crippen LogP contribution in [0.5, 0.6) is 0 Å². The third-order valence-corrected chi connectivity index (χ3v) is 3.63. The van der Waals surface area contributed by atoms with Gasteiger partial charge in [0.2, 0.25) is 5.91 Å². The SMILES string of the molecule is CC(=O)Nc1nc(C2=CCCS2)cs1. The van der Waals surface area contributed by atoms with Crippen LogP contribution in [0.4, 0.5) is 5.13 Å². The third-order valence-electron chi connectivity index (χ3n) is 1.74. The highest BCUT2D eigenvalue weighted by molar-refractivity contribution is 8.08. The average molecular weight is 226 g/mol. The number of hydrogen-bond acceptors (Lipinski definition) is 4. The quantitative estimate of drug-likeness (QED) is 0.842. The molecule has 0 aliphatic carbocycles. The van der Waals surface area contributed by atoms with Crippen molar-refractivity contribution in [2.45, 2.75) is 13.3 Å². The van der Waals surface area contributed by atoms with Gasteiger partial charge in [0.25, 0.3) is 0 Å². The maximum atomic E-state index is 10.8. The van der Waals surface area contributed by atoms with Gasteiger partial charge in [0, 0.05) is 23.0 Å². The Kier molecular flexibility index (Phi) is 2.88. The summed E-state index contributed by atoms with van der Waals surface area (Å²) in [5.74, 6) is 1.07. The van der Waals surface area contributed by atoms with Crippen molar-refractivity contribution >= 4 is 39.0 Å². The van der Waals surface area contributed by atoms with Gasteiger partial charge in [-0.2, -0.15) is 0 Å². The lowest BCUT2D eigenvalue weighted by Crippen LogP contribution is -2.05. The second kappa shape index (κ2) is 4.14. The Morgan fingerprint density at radius 3 is 3.14 bits per heavy atom. The fourth-order valence-electron chi connectivity index (χ4n) is 1.19. The van der Waals surface area contributed by atoms with Crippen molar-refractivity contribution in [3.8, 4) is 0 Å². The van der Waals surface area contributed by atoms with Gasteiger partial charge >= 0.3 is 0 Å². The molecule has 0 saturated heterocycles. The molecule has 1 aromatic rings. The first kappa shape index (κ1) is 9.73. The van der Waals surface area contributed by atoms with E-state index in [0.717, 1.165) is 17.9 Å². The number of hydrogen-bond donors (Lipinski definition) is 1. The summed E-state index contributed by atoms with van der Waals surface area (Å²) in [6.07, 6.45) is 3.31. The summed E-state index contributed by atoms with van der Waals surface area (Å²) in [4.78, 5) is 16.3. The molecule has 1 aliphatic heterocycles. The molecule has 74 valence electrons.